The van der Waals surface area contributed by atoms with Crippen molar-refractivity contribution in [2.75, 3.05) is 5.73 Å². The zero-order chi connectivity index (χ0) is 14.8. The number of rotatable bonds is 4. The molecule has 6 heteroatoms. The van der Waals surface area contributed by atoms with Crippen molar-refractivity contribution in [2.24, 2.45) is 5.92 Å². The van der Waals surface area contributed by atoms with Gasteiger partial charge in [-0.15, -0.1) is 0 Å². The molecule has 0 aromatic heterocycles. The molecule has 112 valence electrons. The second-order valence-electron chi connectivity index (χ2n) is 5.49. The number of halogens is 1. The number of hydrogen-bond donors (Lipinski definition) is 2. The predicted octanol–water partition coefficient (Wildman–Crippen LogP) is 3.28. The molecular weight excluding hydrogens is 340 g/mol. The molecule has 1 aromatic carbocycles. The first-order valence-corrected chi connectivity index (χ1v) is 9.25. The Morgan fingerprint density at radius 1 is 1.30 bits per heavy atom. The minimum absolute atomic E-state index is 0.0525. The second kappa shape index (κ2) is 6.45. The lowest BCUT2D eigenvalue weighted by Crippen LogP contribution is -2.39. The van der Waals surface area contributed by atoms with Crippen molar-refractivity contribution in [3.63, 3.8) is 0 Å². The molecular formula is C14H21BrN2O2S. The van der Waals surface area contributed by atoms with E-state index in [0.717, 1.165) is 17.3 Å². The van der Waals surface area contributed by atoms with Crippen molar-refractivity contribution in [2.45, 2.75) is 50.0 Å². The van der Waals surface area contributed by atoms with E-state index in [-0.39, 0.29) is 16.6 Å². The van der Waals surface area contributed by atoms with Crippen LogP contribution in [-0.4, -0.2) is 14.5 Å². The molecule has 1 atom stereocenters. The molecule has 20 heavy (non-hydrogen) atoms. The Morgan fingerprint density at radius 2 is 1.95 bits per heavy atom. The predicted molar refractivity (Wildman–Crippen MR) is 84.9 cm³/mol. The number of nitrogen functional groups attached to an aromatic ring is 1. The fourth-order valence-corrected chi connectivity index (χ4v) is 4.61. The van der Waals surface area contributed by atoms with E-state index in [1.165, 1.54) is 25.3 Å². The number of sulfonamides is 1. The molecule has 1 fully saturated rings. The first-order valence-electron chi connectivity index (χ1n) is 6.97. The molecule has 0 spiro atoms. The van der Waals surface area contributed by atoms with Gasteiger partial charge in [-0.3, -0.25) is 0 Å². The van der Waals surface area contributed by atoms with Gasteiger partial charge in [0.25, 0.3) is 0 Å². The Kier molecular flexibility index (Phi) is 5.09. The van der Waals surface area contributed by atoms with Gasteiger partial charge in [-0.25, -0.2) is 13.1 Å². The maximum Gasteiger partial charge on any atom is 0.242 e. The molecule has 0 aliphatic heterocycles. The average Bonchev–Trinajstić information content (AvgIpc) is 2.38. The first kappa shape index (κ1) is 15.8. The molecule has 3 N–H and O–H groups in total. The van der Waals surface area contributed by atoms with Gasteiger partial charge in [0.2, 0.25) is 10.0 Å². The van der Waals surface area contributed by atoms with Crippen LogP contribution in [0.3, 0.4) is 0 Å². The number of hydrogen-bond acceptors (Lipinski definition) is 3. The summed E-state index contributed by atoms with van der Waals surface area (Å²) in [5, 5.41) is 0. The van der Waals surface area contributed by atoms with Crippen LogP contribution in [0, 0.1) is 5.92 Å². The van der Waals surface area contributed by atoms with Crippen molar-refractivity contribution < 1.29 is 8.42 Å². The van der Waals surface area contributed by atoms with E-state index in [2.05, 4.69) is 20.7 Å². The van der Waals surface area contributed by atoms with Gasteiger partial charge in [0.15, 0.2) is 0 Å². The van der Waals surface area contributed by atoms with Crippen LogP contribution in [0.5, 0.6) is 0 Å². The lowest BCUT2D eigenvalue weighted by atomic mass is 9.85. The molecule has 1 aliphatic carbocycles. The maximum atomic E-state index is 12.4. The maximum absolute atomic E-state index is 12.4. The molecule has 0 heterocycles. The van der Waals surface area contributed by atoms with Crippen molar-refractivity contribution in [3.05, 3.63) is 22.7 Å². The van der Waals surface area contributed by atoms with Gasteiger partial charge in [-0.2, -0.15) is 0 Å². The molecule has 1 saturated carbocycles. The van der Waals surface area contributed by atoms with E-state index < -0.39 is 10.0 Å². The standard InChI is InChI=1S/C14H21BrN2O2S/c1-10(11-5-3-2-4-6-11)17-20(18,19)14-8-7-12(15)9-13(14)16/h7-11,17H,2-6,16H2,1H3. The molecule has 1 aromatic rings. The minimum atomic E-state index is -3.55. The molecule has 0 amide bonds. The zero-order valence-electron chi connectivity index (χ0n) is 11.6. The topological polar surface area (TPSA) is 72.2 Å². The van der Waals surface area contributed by atoms with Crippen LogP contribution in [0.25, 0.3) is 0 Å². The first-order chi connectivity index (χ1) is 9.40. The van der Waals surface area contributed by atoms with E-state index in [4.69, 9.17) is 5.73 Å². The summed E-state index contributed by atoms with van der Waals surface area (Å²) in [4.78, 5) is 0.156. The Hall–Kier alpha value is -0.590. The summed E-state index contributed by atoms with van der Waals surface area (Å²) in [5.74, 6) is 0.426. The van der Waals surface area contributed by atoms with E-state index in [9.17, 15) is 8.42 Å². The highest BCUT2D eigenvalue weighted by Crippen LogP contribution is 2.28. The summed E-state index contributed by atoms with van der Waals surface area (Å²) in [6, 6.07) is 4.79. The lowest BCUT2D eigenvalue weighted by Gasteiger charge is -2.28. The summed E-state index contributed by atoms with van der Waals surface area (Å²) in [7, 11) is -3.55. The van der Waals surface area contributed by atoms with Crippen molar-refractivity contribution >= 4 is 31.6 Å². The highest BCUT2D eigenvalue weighted by molar-refractivity contribution is 9.10. The lowest BCUT2D eigenvalue weighted by molar-refractivity contribution is 0.303. The summed E-state index contributed by atoms with van der Waals surface area (Å²) < 4.78 is 28.4. The normalized spacial score (nSPS) is 18.9. The van der Waals surface area contributed by atoms with E-state index in [1.54, 1.807) is 12.1 Å². The SMILES string of the molecule is CC(NS(=O)(=O)c1ccc(Br)cc1N)C1CCCCC1. The fraction of sp³-hybridized carbons (Fsp3) is 0.571. The monoisotopic (exact) mass is 360 g/mol. The number of nitrogens with one attached hydrogen (secondary N) is 1. The Morgan fingerprint density at radius 3 is 2.55 bits per heavy atom. The molecule has 2 rings (SSSR count). The number of anilines is 1. The Labute approximate surface area is 129 Å². The van der Waals surface area contributed by atoms with Gasteiger partial charge in [0.1, 0.15) is 4.90 Å². The van der Waals surface area contributed by atoms with Gasteiger partial charge < -0.3 is 5.73 Å². The Bertz CT molecular complexity index is 569. The largest absolute Gasteiger partial charge is 0.398 e. The van der Waals surface area contributed by atoms with Crippen LogP contribution in [-0.2, 0) is 10.0 Å². The van der Waals surface area contributed by atoms with Crippen LogP contribution in [0.15, 0.2) is 27.6 Å². The quantitative estimate of drug-likeness (QED) is 0.809. The molecule has 4 nitrogen and oxygen atoms in total. The average molecular weight is 361 g/mol. The summed E-state index contributed by atoms with van der Waals surface area (Å²) in [6.07, 6.45) is 5.84. The Balaban J connectivity index is 2.13. The second-order valence-corrected chi connectivity index (χ2v) is 8.09. The van der Waals surface area contributed by atoms with E-state index >= 15 is 0 Å². The summed E-state index contributed by atoms with van der Waals surface area (Å²) in [6.45, 7) is 1.95. The van der Waals surface area contributed by atoms with Gasteiger partial charge in [-0.1, -0.05) is 35.2 Å². The number of nitrogens with two attached hydrogens (primary N) is 1. The smallest absolute Gasteiger partial charge is 0.242 e. The van der Waals surface area contributed by atoms with E-state index in [0.29, 0.717) is 5.92 Å². The molecule has 1 unspecified atom stereocenters. The molecule has 0 bridgehead atoms. The van der Waals surface area contributed by atoms with Crippen molar-refractivity contribution in [1.82, 2.24) is 4.72 Å². The third-order valence-corrected chi connectivity index (χ3v) is 6.09. The van der Waals surface area contributed by atoms with Crippen LogP contribution >= 0.6 is 15.9 Å². The highest BCUT2D eigenvalue weighted by atomic mass is 79.9. The third kappa shape index (κ3) is 3.74. The zero-order valence-corrected chi connectivity index (χ0v) is 14.0. The number of benzene rings is 1. The van der Waals surface area contributed by atoms with Gasteiger partial charge >= 0.3 is 0 Å². The van der Waals surface area contributed by atoms with Gasteiger partial charge in [0, 0.05) is 10.5 Å². The van der Waals surface area contributed by atoms with Crippen LogP contribution in [0.1, 0.15) is 39.0 Å². The fourth-order valence-electron chi connectivity index (χ4n) is 2.80. The third-order valence-electron chi connectivity index (χ3n) is 3.96. The van der Waals surface area contributed by atoms with Crippen LogP contribution in [0.2, 0.25) is 0 Å². The molecule has 0 saturated heterocycles. The summed E-state index contributed by atoms with van der Waals surface area (Å²) in [5.41, 5.74) is 6.08. The van der Waals surface area contributed by atoms with Crippen molar-refractivity contribution in [1.29, 1.82) is 0 Å². The van der Waals surface area contributed by atoms with Gasteiger partial charge in [0.05, 0.1) is 5.69 Å². The molecule has 0 radical (unpaired) electrons. The summed E-state index contributed by atoms with van der Waals surface area (Å²) >= 11 is 3.28. The van der Waals surface area contributed by atoms with Gasteiger partial charge in [-0.05, 0) is 43.9 Å². The highest BCUT2D eigenvalue weighted by Gasteiger charge is 2.26. The van der Waals surface area contributed by atoms with Crippen LogP contribution < -0.4 is 10.5 Å². The minimum Gasteiger partial charge on any atom is -0.398 e. The molecule has 1 aliphatic rings. The van der Waals surface area contributed by atoms with E-state index in [1.807, 2.05) is 6.92 Å². The van der Waals surface area contributed by atoms with Crippen LogP contribution in [0.4, 0.5) is 5.69 Å². The van der Waals surface area contributed by atoms with Crippen molar-refractivity contribution in [3.8, 4) is 0 Å².